The molecule has 2 heterocycles. The lowest BCUT2D eigenvalue weighted by Gasteiger charge is -2.28. The normalized spacial score (nSPS) is 13.6. The van der Waals surface area contributed by atoms with Crippen molar-refractivity contribution in [3.05, 3.63) is 102 Å². The van der Waals surface area contributed by atoms with Crippen molar-refractivity contribution in [1.82, 2.24) is 9.88 Å². The van der Waals surface area contributed by atoms with Crippen LogP contribution >= 0.6 is 0 Å². The zero-order chi connectivity index (χ0) is 22.9. The smallest absolute Gasteiger partial charge is 0.255 e. The average molecular weight is 441 g/mol. The number of hydrogen-bond acceptors (Lipinski definition) is 3. The number of nitrogens with zero attached hydrogens (tertiary/aromatic N) is 1. The van der Waals surface area contributed by atoms with Crippen LogP contribution in [0.5, 0.6) is 0 Å². The zero-order valence-corrected chi connectivity index (χ0v) is 18.2. The van der Waals surface area contributed by atoms with Crippen molar-refractivity contribution >= 4 is 33.8 Å². The molecule has 5 rings (SSSR count). The van der Waals surface area contributed by atoms with Crippen molar-refractivity contribution in [3.63, 3.8) is 0 Å². The van der Waals surface area contributed by atoms with Crippen LogP contribution in [0.1, 0.15) is 27.2 Å². The van der Waals surface area contributed by atoms with Gasteiger partial charge in [0.2, 0.25) is 0 Å². The summed E-state index contributed by atoms with van der Waals surface area (Å²) < 4.78 is 13.8. The van der Waals surface area contributed by atoms with Gasteiger partial charge in [-0.3, -0.25) is 9.69 Å². The third kappa shape index (κ3) is 4.25. The van der Waals surface area contributed by atoms with E-state index in [2.05, 4.69) is 21.8 Å². The summed E-state index contributed by atoms with van der Waals surface area (Å²) in [6.45, 7) is 6.62. The summed E-state index contributed by atoms with van der Waals surface area (Å²) in [5, 5.41) is 3.80. The van der Waals surface area contributed by atoms with E-state index in [1.165, 1.54) is 11.8 Å². The van der Waals surface area contributed by atoms with E-state index in [0.717, 1.165) is 47.1 Å². The van der Waals surface area contributed by atoms with Crippen LogP contribution in [0.3, 0.4) is 0 Å². The summed E-state index contributed by atoms with van der Waals surface area (Å²) in [6.07, 6.45) is 0.890. The molecule has 0 unspecified atom stereocenters. The first-order valence-electron chi connectivity index (χ1n) is 10.9. The number of amides is 1. The lowest BCUT2D eigenvalue weighted by atomic mass is 10.0. The van der Waals surface area contributed by atoms with Crippen molar-refractivity contribution in [2.75, 3.05) is 24.1 Å². The van der Waals surface area contributed by atoms with Gasteiger partial charge in [-0.15, -0.1) is 0 Å². The van der Waals surface area contributed by atoms with E-state index in [0.29, 0.717) is 23.5 Å². The summed E-state index contributed by atoms with van der Waals surface area (Å²) in [7, 11) is 0. The lowest BCUT2D eigenvalue weighted by molar-refractivity contribution is 0.102. The van der Waals surface area contributed by atoms with Crippen LogP contribution in [-0.2, 0) is 13.0 Å². The predicted octanol–water partition coefficient (Wildman–Crippen LogP) is 5.21. The van der Waals surface area contributed by atoms with Gasteiger partial charge in [0.1, 0.15) is 5.82 Å². The molecular weight excluding hydrogens is 415 g/mol. The van der Waals surface area contributed by atoms with Crippen molar-refractivity contribution in [1.29, 1.82) is 0 Å². The Morgan fingerprint density at radius 3 is 2.64 bits per heavy atom. The molecule has 0 saturated carbocycles. The van der Waals surface area contributed by atoms with Crippen LogP contribution in [-0.4, -0.2) is 28.9 Å². The van der Waals surface area contributed by atoms with Gasteiger partial charge in [0.15, 0.2) is 0 Å². The second-order valence-corrected chi connectivity index (χ2v) is 8.45. The molecule has 0 fully saturated rings. The first kappa shape index (κ1) is 21.0. The molecule has 1 aliphatic heterocycles. The molecule has 0 saturated heterocycles. The fourth-order valence-electron chi connectivity index (χ4n) is 4.40. The number of nitrogen functional groups attached to an aromatic ring is 1. The number of nitrogens with one attached hydrogen (secondary N) is 2. The van der Waals surface area contributed by atoms with Crippen LogP contribution in [0.2, 0.25) is 0 Å². The number of para-hydroxylation sites is 2. The zero-order valence-electron chi connectivity index (χ0n) is 18.2. The second-order valence-electron chi connectivity index (χ2n) is 8.45. The van der Waals surface area contributed by atoms with Crippen molar-refractivity contribution < 1.29 is 9.18 Å². The molecule has 1 aliphatic rings. The molecule has 166 valence electrons. The Balaban J connectivity index is 1.25. The summed E-state index contributed by atoms with van der Waals surface area (Å²) in [5.41, 5.74) is 12.9. The highest BCUT2D eigenvalue weighted by molar-refractivity contribution is 6.05. The number of H-pyrrole nitrogens is 1. The van der Waals surface area contributed by atoms with E-state index in [-0.39, 0.29) is 11.7 Å². The molecule has 33 heavy (non-hydrogen) atoms. The number of fused-ring (bicyclic) bond motifs is 3. The number of aromatic nitrogens is 1. The maximum Gasteiger partial charge on any atom is 0.255 e. The first-order valence-corrected chi connectivity index (χ1v) is 10.9. The lowest BCUT2D eigenvalue weighted by Crippen LogP contribution is -2.31. The Bertz CT molecular complexity index is 1360. The quantitative estimate of drug-likeness (QED) is 0.373. The molecule has 0 radical (unpaired) electrons. The minimum Gasteiger partial charge on any atom is -0.397 e. The van der Waals surface area contributed by atoms with Crippen LogP contribution in [0.4, 0.5) is 15.8 Å². The van der Waals surface area contributed by atoms with Crippen LogP contribution in [0.25, 0.3) is 16.5 Å². The molecule has 0 aliphatic carbocycles. The summed E-state index contributed by atoms with van der Waals surface area (Å²) in [6, 6.07) is 19.5. The molecule has 3 aromatic carbocycles. The van der Waals surface area contributed by atoms with Gasteiger partial charge in [0, 0.05) is 48.2 Å². The molecule has 4 aromatic rings. The Morgan fingerprint density at radius 1 is 1.09 bits per heavy atom. The molecule has 0 atom stereocenters. The number of carbonyl (C=O) groups is 1. The number of nitrogens with two attached hydrogens (primary N) is 1. The Kier molecular flexibility index (Phi) is 5.44. The standard InChI is InChI=1S/C27H25FN4O/c1-17(15-32-13-12-25-22(16-32)21-14-20(28)10-11-24(21)30-25)18-6-8-19(9-7-18)27(33)31-26-5-3-2-4-23(26)29/h2-11,14,30H,1,12-13,15-16,29H2,(H,31,33). The third-order valence-electron chi connectivity index (χ3n) is 6.20. The van der Waals surface area contributed by atoms with Gasteiger partial charge in [-0.1, -0.05) is 30.8 Å². The van der Waals surface area contributed by atoms with Crippen molar-refractivity contribution in [2.24, 2.45) is 0 Å². The third-order valence-corrected chi connectivity index (χ3v) is 6.20. The largest absolute Gasteiger partial charge is 0.397 e. The monoisotopic (exact) mass is 440 g/mol. The van der Waals surface area contributed by atoms with E-state index in [9.17, 15) is 9.18 Å². The average Bonchev–Trinajstić information content (AvgIpc) is 3.18. The number of halogens is 1. The Morgan fingerprint density at radius 2 is 1.85 bits per heavy atom. The molecule has 0 spiro atoms. The SMILES string of the molecule is C=C(CN1CCc2[nH]c3ccc(F)cc3c2C1)c1ccc(C(=O)Nc2ccccc2N)cc1. The summed E-state index contributed by atoms with van der Waals surface area (Å²) in [5.74, 6) is -0.426. The van der Waals surface area contributed by atoms with E-state index in [1.807, 2.05) is 24.3 Å². The van der Waals surface area contributed by atoms with Gasteiger partial charge in [0.25, 0.3) is 5.91 Å². The highest BCUT2D eigenvalue weighted by Gasteiger charge is 2.21. The maximum absolute atomic E-state index is 13.8. The molecule has 6 heteroatoms. The van der Waals surface area contributed by atoms with Crippen LogP contribution in [0.15, 0.2) is 73.3 Å². The molecule has 5 nitrogen and oxygen atoms in total. The number of hydrogen-bond donors (Lipinski definition) is 3. The van der Waals surface area contributed by atoms with Gasteiger partial charge in [-0.25, -0.2) is 4.39 Å². The maximum atomic E-state index is 13.8. The molecular formula is C27H25FN4O. The number of carbonyl (C=O) groups excluding carboxylic acids is 1. The number of anilines is 2. The van der Waals surface area contributed by atoms with Crippen molar-refractivity contribution in [2.45, 2.75) is 13.0 Å². The van der Waals surface area contributed by atoms with Gasteiger partial charge < -0.3 is 16.0 Å². The van der Waals surface area contributed by atoms with Crippen LogP contribution in [0, 0.1) is 5.82 Å². The molecule has 0 bridgehead atoms. The summed E-state index contributed by atoms with van der Waals surface area (Å²) >= 11 is 0. The number of aromatic amines is 1. The fraction of sp³-hybridized carbons (Fsp3) is 0.148. The Labute approximate surface area is 191 Å². The van der Waals surface area contributed by atoms with E-state index >= 15 is 0 Å². The van der Waals surface area contributed by atoms with Crippen molar-refractivity contribution in [3.8, 4) is 0 Å². The van der Waals surface area contributed by atoms with Gasteiger partial charge in [0.05, 0.1) is 11.4 Å². The minimum absolute atomic E-state index is 0.208. The topological polar surface area (TPSA) is 74.2 Å². The second kappa shape index (κ2) is 8.56. The number of benzene rings is 3. The van der Waals surface area contributed by atoms with E-state index in [4.69, 9.17) is 5.73 Å². The van der Waals surface area contributed by atoms with Crippen LogP contribution < -0.4 is 11.1 Å². The van der Waals surface area contributed by atoms with Gasteiger partial charge in [-0.2, -0.15) is 0 Å². The summed E-state index contributed by atoms with van der Waals surface area (Å²) in [4.78, 5) is 18.3. The molecule has 1 amide bonds. The number of rotatable bonds is 5. The Hall–Kier alpha value is -3.90. The first-order chi connectivity index (χ1) is 16.0. The van der Waals surface area contributed by atoms with E-state index < -0.39 is 0 Å². The van der Waals surface area contributed by atoms with E-state index in [1.54, 1.807) is 36.4 Å². The fourth-order valence-corrected chi connectivity index (χ4v) is 4.40. The molecule has 1 aromatic heterocycles. The highest BCUT2D eigenvalue weighted by Crippen LogP contribution is 2.29. The highest BCUT2D eigenvalue weighted by atomic mass is 19.1. The minimum atomic E-state index is -0.218. The van der Waals surface area contributed by atoms with Gasteiger partial charge in [-0.05, 0) is 59.2 Å². The van der Waals surface area contributed by atoms with Gasteiger partial charge >= 0.3 is 0 Å². The predicted molar refractivity (Wildman–Crippen MR) is 132 cm³/mol. The molecule has 4 N–H and O–H groups in total.